The van der Waals surface area contributed by atoms with Crippen molar-refractivity contribution in [3.8, 4) is 5.75 Å². The predicted octanol–water partition coefficient (Wildman–Crippen LogP) is 2.10. The molecule has 0 spiro atoms. The normalized spacial score (nSPS) is 13.0. The number of carbonyl (C=O) groups is 2. The molecule has 0 radical (unpaired) electrons. The van der Waals surface area contributed by atoms with Crippen LogP contribution in [0.1, 0.15) is 17.2 Å². The molecule has 0 saturated heterocycles. The molecule has 0 bridgehead atoms. The Morgan fingerprint density at radius 2 is 1.69 bits per heavy atom. The molecule has 2 aromatic rings. The Kier molecular flexibility index (Phi) is 6.93. The van der Waals surface area contributed by atoms with E-state index in [0.717, 1.165) is 5.56 Å². The molecule has 2 N–H and O–H groups in total. The number of methoxy groups -OCH3 is 2. The molecule has 0 aliphatic rings. The Morgan fingerprint density at radius 1 is 1.04 bits per heavy atom. The Morgan fingerprint density at radius 3 is 2.27 bits per heavy atom. The minimum absolute atomic E-state index is 0.452. The molecular weight excluding hydrogens is 334 g/mol. The van der Waals surface area contributed by atoms with Gasteiger partial charge in [0.2, 0.25) is 5.91 Å². The number of hydrogen-bond donors (Lipinski definition) is 2. The van der Waals surface area contributed by atoms with Crippen molar-refractivity contribution >= 4 is 18.0 Å². The number of carbonyl (C=O) groups excluding carboxylic acids is 2. The lowest BCUT2D eigenvalue weighted by molar-refractivity contribution is -0.148. The van der Waals surface area contributed by atoms with Crippen molar-refractivity contribution in [2.24, 2.45) is 0 Å². The molecule has 1 amide bonds. The van der Waals surface area contributed by atoms with Gasteiger partial charge in [-0.1, -0.05) is 42.5 Å². The number of benzene rings is 2. The second-order valence-corrected chi connectivity index (χ2v) is 5.47. The maximum Gasteiger partial charge on any atom is 0.331 e. The van der Waals surface area contributed by atoms with Crippen molar-refractivity contribution in [2.75, 3.05) is 14.2 Å². The fourth-order valence-electron chi connectivity index (χ4n) is 2.32. The molecule has 0 aliphatic heterocycles. The van der Waals surface area contributed by atoms with Crippen LogP contribution in [0.4, 0.5) is 0 Å². The topological polar surface area (TPSA) is 84.9 Å². The second kappa shape index (κ2) is 9.39. The van der Waals surface area contributed by atoms with Crippen LogP contribution in [0.5, 0.6) is 5.75 Å². The highest BCUT2D eigenvalue weighted by Crippen LogP contribution is 2.21. The van der Waals surface area contributed by atoms with E-state index in [2.05, 4.69) is 5.32 Å². The second-order valence-electron chi connectivity index (χ2n) is 5.47. The molecule has 0 heterocycles. The highest BCUT2D eigenvalue weighted by atomic mass is 16.5. The fourth-order valence-corrected chi connectivity index (χ4v) is 2.32. The van der Waals surface area contributed by atoms with Crippen molar-refractivity contribution < 1.29 is 24.2 Å². The summed E-state index contributed by atoms with van der Waals surface area (Å²) >= 11 is 0. The van der Waals surface area contributed by atoms with Gasteiger partial charge in [-0.15, -0.1) is 0 Å². The van der Waals surface area contributed by atoms with Crippen molar-refractivity contribution in [3.63, 3.8) is 0 Å². The molecule has 136 valence electrons. The van der Waals surface area contributed by atoms with Gasteiger partial charge in [-0.05, 0) is 29.3 Å². The lowest BCUT2D eigenvalue weighted by Gasteiger charge is -2.21. The first-order valence-electron chi connectivity index (χ1n) is 7.98. The number of rotatable bonds is 7. The third kappa shape index (κ3) is 5.19. The highest BCUT2D eigenvalue weighted by molar-refractivity contribution is 5.94. The zero-order valence-corrected chi connectivity index (χ0v) is 14.6. The van der Waals surface area contributed by atoms with Gasteiger partial charge in [0.1, 0.15) is 11.9 Å². The van der Waals surface area contributed by atoms with Crippen molar-refractivity contribution in [1.82, 2.24) is 5.32 Å². The number of aliphatic hydroxyl groups excluding tert-OH is 1. The molecule has 6 nitrogen and oxygen atoms in total. The first kappa shape index (κ1) is 19.2. The van der Waals surface area contributed by atoms with Crippen LogP contribution in [0, 0.1) is 0 Å². The number of hydrogen-bond acceptors (Lipinski definition) is 5. The maximum absolute atomic E-state index is 12.1. The summed E-state index contributed by atoms with van der Waals surface area (Å²) in [7, 11) is 2.73. The van der Waals surface area contributed by atoms with Gasteiger partial charge in [-0.25, -0.2) is 4.79 Å². The summed E-state index contributed by atoms with van der Waals surface area (Å²) in [5.41, 5.74) is 1.29. The van der Waals surface area contributed by atoms with Crippen LogP contribution in [0.25, 0.3) is 6.08 Å². The fraction of sp³-hybridized carbons (Fsp3) is 0.200. The van der Waals surface area contributed by atoms with Crippen LogP contribution in [-0.4, -0.2) is 37.2 Å². The standard InChI is InChI=1S/C20H21NO5/c1-25-16-11-9-15(10-12-16)19(23)18(20(24)26-2)21-17(22)13-8-14-6-4-3-5-7-14/h3-13,18-19,23H,1-2H3,(H,21,22)/b13-8+. The van der Waals surface area contributed by atoms with E-state index < -0.39 is 24.0 Å². The molecule has 26 heavy (non-hydrogen) atoms. The van der Waals surface area contributed by atoms with E-state index in [1.54, 1.807) is 30.3 Å². The lowest BCUT2D eigenvalue weighted by atomic mass is 10.0. The number of amides is 1. The highest BCUT2D eigenvalue weighted by Gasteiger charge is 2.30. The molecule has 2 rings (SSSR count). The Hall–Kier alpha value is -3.12. The molecule has 6 heteroatoms. The third-order valence-electron chi connectivity index (χ3n) is 3.75. The molecule has 2 aromatic carbocycles. The van der Waals surface area contributed by atoms with E-state index in [1.165, 1.54) is 20.3 Å². The van der Waals surface area contributed by atoms with Crippen molar-refractivity contribution in [3.05, 3.63) is 71.8 Å². The van der Waals surface area contributed by atoms with Crippen molar-refractivity contribution in [1.29, 1.82) is 0 Å². The quantitative estimate of drug-likeness (QED) is 0.587. The first-order valence-corrected chi connectivity index (χ1v) is 7.98. The average molecular weight is 355 g/mol. The molecule has 0 aliphatic carbocycles. The van der Waals surface area contributed by atoms with Gasteiger partial charge in [-0.3, -0.25) is 4.79 Å². The Bertz CT molecular complexity index is 756. The summed E-state index contributed by atoms with van der Waals surface area (Å²) in [6.45, 7) is 0. The summed E-state index contributed by atoms with van der Waals surface area (Å²) in [6, 6.07) is 14.6. The molecule has 2 atom stereocenters. The lowest BCUT2D eigenvalue weighted by Crippen LogP contribution is -2.45. The molecule has 0 fully saturated rings. The van der Waals surface area contributed by atoms with E-state index in [9.17, 15) is 14.7 Å². The number of esters is 1. The minimum Gasteiger partial charge on any atom is -0.497 e. The van der Waals surface area contributed by atoms with Gasteiger partial charge in [0.15, 0.2) is 6.04 Å². The van der Waals surface area contributed by atoms with E-state index in [1.807, 2.05) is 30.3 Å². The van der Waals surface area contributed by atoms with Gasteiger partial charge in [0.05, 0.1) is 14.2 Å². The summed E-state index contributed by atoms with van der Waals surface area (Å²) < 4.78 is 9.77. The van der Waals surface area contributed by atoms with Gasteiger partial charge in [0, 0.05) is 6.08 Å². The Balaban J connectivity index is 2.11. The largest absolute Gasteiger partial charge is 0.497 e. The monoisotopic (exact) mass is 355 g/mol. The number of ether oxygens (including phenoxy) is 2. The average Bonchev–Trinajstić information content (AvgIpc) is 2.70. The van der Waals surface area contributed by atoms with Crippen LogP contribution in [-0.2, 0) is 14.3 Å². The van der Waals surface area contributed by atoms with Crippen LogP contribution in [0.15, 0.2) is 60.7 Å². The van der Waals surface area contributed by atoms with E-state index in [-0.39, 0.29) is 0 Å². The summed E-state index contributed by atoms with van der Waals surface area (Å²) in [6.07, 6.45) is 1.65. The van der Waals surface area contributed by atoms with Gasteiger partial charge < -0.3 is 19.9 Å². The third-order valence-corrected chi connectivity index (χ3v) is 3.75. The Labute approximate surface area is 152 Å². The van der Waals surface area contributed by atoms with Crippen molar-refractivity contribution in [2.45, 2.75) is 12.1 Å². The zero-order chi connectivity index (χ0) is 18.9. The molecule has 0 saturated carbocycles. The first-order chi connectivity index (χ1) is 12.5. The van der Waals surface area contributed by atoms with Crippen LogP contribution in [0.3, 0.4) is 0 Å². The SMILES string of the molecule is COC(=O)C(NC(=O)/C=C/c1ccccc1)C(O)c1ccc(OC)cc1. The minimum atomic E-state index is -1.26. The van der Waals surface area contributed by atoms with Gasteiger partial charge in [0.25, 0.3) is 0 Å². The van der Waals surface area contributed by atoms with Gasteiger partial charge in [-0.2, -0.15) is 0 Å². The zero-order valence-electron chi connectivity index (χ0n) is 14.6. The summed E-state index contributed by atoms with van der Waals surface area (Å²) in [4.78, 5) is 24.2. The summed E-state index contributed by atoms with van der Waals surface area (Å²) in [5.74, 6) is -0.642. The molecule has 2 unspecified atom stereocenters. The molecule has 0 aromatic heterocycles. The number of nitrogens with one attached hydrogen (secondary N) is 1. The van der Waals surface area contributed by atoms with Crippen LogP contribution >= 0.6 is 0 Å². The smallest absolute Gasteiger partial charge is 0.331 e. The molecular formula is C20H21NO5. The maximum atomic E-state index is 12.1. The van der Waals surface area contributed by atoms with E-state index in [4.69, 9.17) is 9.47 Å². The van der Waals surface area contributed by atoms with E-state index >= 15 is 0 Å². The predicted molar refractivity (Wildman–Crippen MR) is 97.4 cm³/mol. The summed E-state index contributed by atoms with van der Waals surface area (Å²) in [5, 5.41) is 13.0. The van der Waals surface area contributed by atoms with Crippen LogP contribution in [0.2, 0.25) is 0 Å². The van der Waals surface area contributed by atoms with Gasteiger partial charge >= 0.3 is 5.97 Å². The van der Waals surface area contributed by atoms with E-state index in [0.29, 0.717) is 11.3 Å². The van der Waals surface area contributed by atoms with Crippen LogP contribution < -0.4 is 10.1 Å². The number of aliphatic hydroxyl groups is 1.